The van der Waals surface area contributed by atoms with Crippen LogP contribution in [0.25, 0.3) is 0 Å². The summed E-state index contributed by atoms with van der Waals surface area (Å²) in [7, 11) is 3.09. The van der Waals surface area contributed by atoms with Crippen molar-refractivity contribution in [3.63, 3.8) is 0 Å². The van der Waals surface area contributed by atoms with E-state index in [2.05, 4.69) is 5.32 Å². The smallest absolute Gasteiger partial charge is 0.261 e. The van der Waals surface area contributed by atoms with E-state index < -0.39 is 6.10 Å². The predicted octanol–water partition coefficient (Wildman–Crippen LogP) is 3.75. The lowest BCUT2D eigenvalue weighted by molar-refractivity contribution is -0.127. The van der Waals surface area contributed by atoms with Crippen LogP contribution in [0.4, 0.5) is 0 Å². The van der Waals surface area contributed by atoms with Crippen molar-refractivity contribution in [3.05, 3.63) is 52.5 Å². The number of hydrogen-bond acceptors (Lipinski definition) is 4. The second kappa shape index (κ2) is 8.62. The number of carbonyl (C=O) groups is 1. The van der Waals surface area contributed by atoms with Gasteiger partial charge in [0.15, 0.2) is 17.6 Å². The van der Waals surface area contributed by atoms with Gasteiger partial charge >= 0.3 is 0 Å². The average molecular weight is 364 g/mol. The van der Waals surface area contributed by atoms with Crippen molar-refractivity contribution in [3.8, 4) is 17.2 Å². The number of benzene rings is 2. The van der Waals surface area contributed by atoms with Crippen LogP contribution in [0.15, 0.2) is 36.4 Å². The molecule has 1 unspecified atom stereocenters. The molecular weight excluding hydrogens is 342 g/mol. The molecule has 25 heavy (non-hydrogen) atoms. The summed E-state index contributed by atoms with van der Waals surface area (Å²) in [5.74, 6) is 1.52. The van der Waals surface area contributed by atoms with E-state index in [1.807, 2.05) is 31.2 Å². The standard InChI is InChI=1S/C19H22ClNO4/c1-12-5-7-15(8-6-12)25-13(2)19(22)21-11-14-9-17(23-3)18(24-4)10-16(14)20/h5-10,13H,11H2,1-4H3,(H,21,22). The highest BCUT2D eigenvalue weighted by molar-refractivity contribution is 6.31. The molecule has 5 nitrogen and oxygen atoms in total. The maximum atomic E-state index is 12.2. The van der Waals surface area contributed by atoms with E-state index in [1.54, 1.807) is 33.3 Å². The van der Waals surface area contributed by atoms with E-state index in [0.717, 1.165) is 11.1 Å². The first-order chi connectivity index (χ1) is 11.9. The molecule has 2 rings (SSSR count). The highest BCUT2D eigenvalue weighted by Crippen LogP contribution is 2.33. The summed E-state index contributed by atoms with van der Waals surface area (Å²) in [6.45, 7) is 3.96. The molecule has 6 heteroatoms. The quantitative estimate of drug-likeness (QED) is 0.814. The van der Waals surface area contributed by atoms with Gasteiger partial charge in [-0.3, -0.25) is 4.79 Å². The maximum Gasteiger partial charge on any atom is 0.261 e. The zero-order valence-corrected chi connectivity index (χ0v) is 15.5. The number of aryl methyl sites for hydroxylation is 1. The normalized spacial score (nSPS) is 11.6. The Balaban J connectivity index is 1.98. The Labute approximate surface area is 152 Å². The molecular formula is C19H22ClNO4. The number of ether oxygens (including phenoxy) is 3. The van der Waals surface area contributed by atoms with Gasteiger partial charge in [-0.15, -0.1) is 0 Å². The fraction of sp³-hybridized carbons (Fsp3) is 0.316. The first kappa shape index (κ1) is 18.9. The van der Waals surface area contributed by atoms with Gasteiger partial charge in [-0.2, -0.15) is 0 Å². The Morgan fingerprint density at radius 1 is 1.12 bits per heavy atom. The van der Waals surface area contributed by atoms with Crippen LogP contribution in [-0.4, -0.2) is 26.2 Å². The van der Waals surface area contributed by atoms with Gasteiger partial charge in [0.2, 0.25) is 0 Å². The van der Waals surface area contributed by atoms with E-state index in [0.29, 0.717) is 22.3 Å². The van der Waals surface area contributed by atoms with Gasteiger partial charge in [0.1, 0.15) is 5.75 Å². The van der Waals surface area contributed by atoms with Crippen molar-refractivity contribution in [1.82, 2.24) is 5.32 Å². The number of halogens is 1. The van der Waals surface area contributed by atoms with Crippen molar-refractivity contribution in [1.29, 1.82) is 0 Å². The molecule has 0 aliphatic rings. The lowest BCUT2D eigenvalue weighted by atomic mass is 10.2. The Morgan fingerprint density at radius 3 is 2.32 bits per heavy atom. The maximum absolute atomic E-state index is 12.2. The van der Waals surface area contributed by atoms with Crippen LogP contribution in [0.5, 0.6) is 17.2 Å². The third-order valence-corrected chi connectivity index (χ3v) is 4.06. The van der Waals surface area contributed by atoms with E-state index in [1.165, 1.54) is 0 Å². The zero-order chi connectivity index (χ0) is 18.4. The fourth-order valence-corrected chi connectivity index (χ4v) is 2.45. The summed E-state index contributed by atoms with van der Waals surface area (Å²) in [6.07, 6.45) is -0.623. The second-order valence-corrected chi connectivity index (χ2v) is 6.00. The van der Waals surface area contributed by atoms with Gasteiger partial charge in [0.05, 0.1) is 14.2 Å². The lowest BCUT2D eigenvalue weighted by Gasteiger charge is -2.16. The highest BCUT2D eigenvalue weighted by atomic mass is 35.5. The van der Waals surface area contributed by atoms with E-state index in [-0.39, 0.29) is 12.5 Å². The Kier molecular flexibility index (Phi) is 6.53. The molecule has 0 heterocycles. The summed E-state index contributed by atoms with van der Waals surface area (Å²) < 4.78 is 16.1. The van der Waals surface area contributed by atoms with Crippen molar-refractivity contribution >= 4 is 17.5 Å². The fourth-order valence-electron chi connectivity index (χ4n) is 2.23. The zero-order valence-electron chi connectivity index (χ0n) is 14.8. The van der Waals surface area contributed by atoms with Crippen molar-refractivity contribution in [2.24, 2.45) is 0 Å². The Hall–Kier alpha value is -2.40. The molecule has 0 spiro atoms. The molecule has 1 N–H and O–H groups in total. The number of amides is 1. The largest absolute Gasteiger partial charge is 0.493 e. The van der Waals surface area contributed by atoms with Crippen LogP contribution in [0.3, 0.4) is 0 Å². The van der Waals surface area contributed by atoms with E-state index in [4.69, 9.17) is 25.8 Å². The molecule has 0 aliphatic carbocycles. The number of carbonyl (C=O) groups excluding carboxylic acids is 1. The summed E-state index contributed by atoms with van der Waals surface area (Å²) in [4.78, 5) is 12.2. The molecule has 0 aromatic heterocycles. The van der Waals surface area contributed by atoms with Crippen LogP contribution >= 0.6 is 11.6 Å². The second-order valence-electron chi connectivity index (χ2n) is 5.59. The minimum atomic E-state index is -0.623. The third kappa shape index (κ3) is 5.03. The Morgan fingerprint density at radius 2 is 1.72 bits per heavy atom. The van der Waals surface area contributed by atoms with Crippen LogP contribution in [0.2, 0.25) is 5.02 Å². The van der Waals surface area contributed by atoms with Gasteiger partial charge in [0, 0.05) is 17.6 Å². The minimum absolute atomic E-state index is 0.230. The van der Waals surface area contributed by atoms with Gasteiger partial charge in [-0.05, 0) is 37.6 Å². The van der Waals surface area contributed by atoms with Gasteiger partial charge in [0.25, 0.3) is 5.91 Å². The Bertz CT molecular complexity index is 731. The van der Waals surface area contributed by atoms with Crippen molar-refractivity contribution in [2.45, 2.75) is 26.5 Å². The SMILES string of the molecule is COc1cc(Cl)c(CNC(=O)C(C)Oc2ccc(C)cc2)cc1OC. The number of hydrogen-bond donors (Lipinski definition) is 1. The molecule has 134 valence electrons. The van der Waals surface area contributed by atoms with Crippen LogP contribution < -0.4 is 19.5 Å². The lowest BCUT2D eigenvalue weighted by Crippen LogP contribution is -2.35. The van der Waals surface area contributed by atoms with E-state index in [9.17, 15) is 4.79 Å². The van der Waals surface area contributed by atoms with Crippen LogP contribution in [0, 0.1) is 6.92 Å². The molecule has 2 aromatic rings. The summed E-state index contributed by atoms with van der Waals surface area (Å²) in [5.41, 5.74) is 1.86. The number of nitrogens with one attached hydrogen (secondary N) is 1. The van der Waals surface area contributed by atoms with Gasteiger partial charge in [-0.1, -0.05) is 29.3 Å². The molecule has 1 atom stereocenters. The molecule has 1 amide bonds. The van der Waals surface area contributed by atoms with Crippen molar-refractivity contribution in [2.75, 3.05) is 14.2 Å². The van der Waals surface area contributed by atoms with Gasteiger partial charge < -0.3 is 19.5 Å². The monoisotopic (exact) mass is 363 g/mol. The molecule has 0 radical (unpaired) electrons. The predicted molar refractivity (Wildman–Crippen MR) is 97.7 cm³/mol. The number of rotatable bonds is 7. The van der Waals surface area contributed by atoms with Crippen molar-refractivity contribution < 1.29 is 19.0 Å². The summed E-state index contributed by atoms with van der Waals surface area (Å²) in [5, 5.41) is 3.31. The van der Waals surface area contributed by atoms with Crippen LogP contribution in [-0.2, 0) is 11.3 Å². The average Bonchev–Trinajstić information content (AvgIpc) is 2.61. The van der Waals surface area contributed by atoms with E-state index >= 15 is 0 Å². The van der Waals surface area contributed by atoms with Gasteiger partial charge in [-0.25, -0.2) is 0 Å². The first-order valence-electron chi connectivity index (χ1n) is 7.86. The molecule has 0 fully saturated rings. The molecule has 0 saturated heterocycles. The molecule has 0 bridgehead atoms. The third-order valence-electron chi connectivity index (χ3n) is 3.71. The summed E-state index contributed by atoms with van der Waals surface area (Å²) in [6, 6.07) is 10.9. The molecule has 2 aromatic carbocycles. The number of methoxy groups -OCH3 is 2. The summed E-state index contributed by atoms with van der Waals surface area (Å²) >= 11 is 6.23. The minimum Gasteiger partial charge on any atom is -0.493 e. The first-order valence-corrected chi connectivity index (χ1v) is 8.23. The van der Waals surface area contributed by atoms with Crippen LogP contribution in [0.1, 0.15) is 18.1 Å². The molecule has 0 aliphatic heterocycles. The topological polar surface area (TPSA) is 56.8 Å². The highest BCUT2D eigenvalue weighted by Gasteiger charge is 2.16. The molecule has 0 saturated carbocycles.